The van der Waals surface area contributed by atoms with Gasteiger partial charge in [-0.15, -0.1) is 0 Å². The van der Waals surface area contributed by atoms with E-state index in [4.69, 9.17) is 15.9 Å². The van der Waals surface area contributed by atoms with Crippen LogP contribution in [-0.4, -0.2) is 45.2 Å². The Labute approximate surface area is 102 Å². The first kappa shape index (κ1) is 13.6. The number of carboxylic acids is 1. The van der Waals surface area contributed by atoms with Crippen molar-refractivity contribution in [2.45, 2.75) is 12.5 Å². The zero-order valence-corrected chi connectivity index (χ0v) is 9.33. The maximum atomic E-state index is 10.4. The molecule has 18 heavy (non-hydrogen) atoms. The van der Waals surface area contributed by atoms with Gasteiger partial charge in [0, 0.05) is 13.0 Å². The summed E-state index contributed by atoms with van der Waals surface area (Å²) in [5.41, 5.74) is 5.74. The number of rotatable bonds is 7. The highest BCUT2D eigenvalue weighted by molar-refractivity contribution is 5.85. The molecule has 0 aliphatic carbocycles. The largest absolute Gasteiger partial charge is 0.479 e. The van der Waals surface area contributed by atoms with Crippen molar-refractivity contribution in [3.63, 3.8) is 0 Å². The number of carbonyl (C=O) groups is 2. The minimum Gasteiger partial charge on any atom is -0.479 e. The van der Waals surface area contributed by atoms with Crippen molar-refractivity contribution in [2.75, 3.05) is 22.9 Å². The average Bonchev–Trinajstić information content (AvgIpc) is 2.33. The summed E-state index contributed by atoms with van der Waals surface area (Å²) in [6.45, 7) is 0.150. The van der Waals surface area contributed by atoms with Crippen LogP contribution in [0, 0.1) is 0 Å². The Bertz CT molecular complexity index is 439. The third-order valence-corrected chi connectivity index (χ3v) is 2.08. The van der Waals surface area contributed by atoms with Crippen LogP contribution in [0.5, 0.6) is 0 Å². The molecule has 0 aliphatic rings. The molecule has 1 aromatic rings. The average molecular weight is 255 g/mol. The quantitative estimate of drug-likeness (QED) is 0.384. The van der Waals surface area contributed by atoms with Gasteiger partial charge in [-0.2, -0.15) is 0 Å². The standard InChI is InChI=1S/C9H13N5O4/c10-7-6(14-4-15)8(13-3-12-7)11-2-1-5(16)9(17)18/h3-5,16H,1-2H2,(H,14,15)(H,17,18)(H3,10,11,12,13). The molecule has 0 saturated carbocycles. The molecule has 1 rings (SSSR count). The van der Waals surface area contributed by atoms with Gasteiger partial charge >= 0.3 is 5.97 Å². The van der Waals surface area contributed by atoms with Gasteiger partial charge < -0.3 is 26.6 Å². The molecule has 9 heteroatoms. The molecule has 0 aliphatic heterocycles. The molecule has 1 aromatic heterocycles. The van der Waals surface area contributed by atoms with E-state index in [0.717, 1.165) is 0 Å². The van der Waals surface area contributed by atoms with E-state index in [0.29, 0.717) is 6.41 Å². The molecule has 0 aromatic carbocycles. The Balaban J connectivity index is 2.64. The number of aliphatic carboxylic acids is 1. The normalized spacial score (nSPS) is 11.6. The lowest BCUT2D eigenvalue weighted by atomic mass is 10.2. The molecule has 0 spiro atoms. The van der Waals surface area contributed by atoms with E-state index >= 15 is 0 Å². The summed E-state index contributed by atoms with van der Waals surface area (Å²) >= 11 is 0. The zero-order chi connectivity index (χ0) is 13.5. The minimum absolute atomic E-state index is 0.0141. The molecule has 1 atom stereocenters. The van der Waals surface area contributed by atoms with Crippen LogP contribution in [0.4, 0.5) is 17.3 Å². The van der Waals surface area contributed by atoms with Crippen LogP contribution in [0.3, 0.4) is 0 Å². The molecule has 1 heterocycles. The summed E-state index contributed by atoms with van der Waals surface area (Å²) in [5.74, 6) is -0.962. The second kappa shape index (κ2) is 6.35. The van der Waals surface area contributed by atoms with Gasteiger partial charge in [-0.1, -0.05) is 0 Å². The van der Waals surface area contributed by atoms with Crippen molar-refractivity contribution in [3.8, 4) is 0 Å². The van der Waals surface area contributed by atoms with Crippen molar-refractivity contribution in [1.29, 1.82) is 0 Å². The van der Waals surface area contributed by atoms with Crippen molar-refractivity contribution in [3.05, 3.63) is 6.33 Å². The number of hydrogen-bond donors (Lipinski definition) is 5. The van der Waals surface area contributed by atoms with Gasteiger partial charge in [-0.05, 0) is 0 Å². The fourth-order valence-corrected chi connectivity index (χ4v) is 1.19. The maximum Gasteiger partial charge on any atom is 0.332 e. The predicted octanol–water partition coefficient (Wildman–Crippen LogP) is -1.13. The van der Waals surface area contributed by atoms with Crippen molar-refractivity contribution in [1.82, 2.24) is 9.97 Å². The number of amides is 1. The number of nitrogens with two attached hydrogens (primary N) is 1. The lowest BCUT2D eigenvalue weighted by Crippen LogP contribution is -2.23. The number of nitrogens with one attached hydrogen (secondary N) is 2. The number of aliphatic hydroxyl groups excluding tert-OH is 1. The lowest BCUT2D eigenvalue weighted by Gasteiger charge is -2.11. The van der Waals surface area contributed by atoms with Crippen molar-refractivity contribution in [2.24, 2.45) is 0 Å². The molecular formula is C9H13N5O4. The summed E-state index contributed by atoms with van der Waals surface area (Å²) < 4.78 is 0. The van der Waals surface area contributed by atoms with E-state index in [9.17, 15) is 9.59 Å². The van der Waals surface area contributed by atoms with Gasteiger partial charge in [-0.25, -0.2) is 14.8 Å². The molecule has 0 radical (unpaired) electrons. The predicted molar refractivity (Wildman–Crippen MR) is 62.9 cm³/mol. The Morgan fingerprint density at radius 2 is 2.28 bits per heavy atom. The molecule has 0 fully saturated rings. The van der Waals surface area contributed by atoms with Crippen LogP contribution in [0.15, 0.2) is 6.33 Å². The number of carboxylic acid groups (broad SMARTS) is 1. The summed E-state index contributed by atoms with van der Waals surface area (Å²) in [6.07, 6.45) is 0.145. The molecule has 98 valence electrons. The number of aliphatic hydroxyl groups is 1. The van der Waals surface area contributed by atoms with Crippen LogP contribution in [0.2, 0.25) is 0 Å². The third-order valence-electron chi connectivity index (χ3n) is 2.08. The monoisotopic (exact) mass is 255 g/mol. The molecule has 1 unspecified atom stereocenters. The van der Waals surface area contributed by atoms with E-state index in [1.807, 2.05) is 0 Å². The van der Waals surface area contributed by atoms with Crippen LogP contribution < -0.4 is 16.4 Å². The first-order valence-corrected chi connectivity index (χ1v) is 5.01. The Morgan fingerprint density at radius 3 is 2.89 bits per heavy atom. The number of hydrogen-bond acceptors (Lipinski definition) is 7. The van der Waals surface area contributed by atoms with Gasteiger partial charge in [0.25, 0.3) is 0 Å². The lowest BCUT2D eigenvalue weighted by molar-refractivity contribution is -0.146. The summed E-state index contributed by atoms with van der Waals surface area (Å²) in [7, 11) is 0. The van der Waals surface area contributed by atoms with Crippen LogP contribution in [0.1, 0.15) is 6.42 Å². The first-order valence-electron chi connectivity index (χ1n) is 5.01. The summed E-state index contributed by atoms with van der Waals surface area (Å²) in [5, 5.41) is 22.6. The van der Waals surface area contributed by atoms with Crippen LogP contribution in [0.25, 0.3) is 0 Å². The van der Waals surface area contributed by atoms with E-state index < -0.39 is 12.1 Å². The fourth-order valence-electron chi connectivity index (χ4n) is 1.19. The van der Waals surface area contributed by atoms with Crippen molar-refractivity contribution < 1.29 is 19.8 Å². The smallest absolute Gasteiger partial charge is 0.332 e. The van der Waals surface area contributed by atoms with Gasteiger partial charge in [0.2, 0.25) is 6.41 Å². The van der Waals surface area contributed by atoms with E-state index in [-0.39, 0.29) is 30.3 Å². The Hall–Kier alpha value is -2.42. The molecule has 6 N–H and O–H groups in total. The Kier molecular flexibility index (Phi) is 4.81. The number of carbonyl (C=O) groups excluding carboxylic acids is 1. The number of aromatic nitrogens is 2. The van der Waals surface area contributed by atoms with Gasteiger partial charge in [0.1, 0.15) is 12.0 Å². The highest BCUT2D eigenvalue weighted by atomic mass is 16.4. The highest BCUT2D eigenvalue weighted by Gasteiger charge is 2.13. The fraction of sp³-hybridized carbons (Fsp3) is 0.333. The molecule has 0 saturated heterocycles. The zero-order valence-electron chi connectivity index (χ0n) is 9.33. The summed E-state index contributed by atoms with van der Waals surface area (Å²) in [4.78, 5) is 28.3. The number of anilines is 3. The van der Waals surface area contributed by atoms with Gasteiger partial charge in [-0.3, -0.25) is 4.79 Å². The highest BCUT2D eigenvalue weighted by Crippen LogP contribution is 2.22. The van der Waals surface area contributed by atoms with E-state index in [2.05, 4.69) is 20.6 Å². The number of nitrogens with zero attached hydrogens (tertiary/aromatic N) is 2. The topological polar surface area (TPSA) is 150 Å². The maximum absolute atomic E-state index is 10.4. The Morgan fingerprint density at radius 1 is 1.56 bits per heavy atom. The first-order chi connectivity index (χ1) is 8.56. The molecular weight excluding hydrogens is 242 g/mol. The summed E-state index contributed by atoms with van der Waals surface area (Å²) in [6, 6.07) is 0. The SMILES string of the molecule is Nc1ncnc(NCCC(O)C(=O)O)c1NC=O. The van der Waals surface area contributed by atoms with Crippen molar-refractivity contribution >= 4 is 29.7 Å². The molecule has 0 bridgehead atoms. The van der Waals surface area contributed by atoms with E-state index in [1.165, 1.54) is 6.33 Å². The van der Waals surface area contributed by atoms with E-state index in [1.54, 1.807) is 0 Å². The second-order valence-electron chi connectivity index (χ2n) is 3.31. The molecule has 1 amide bonds. The minimum atomic E-state index is -1.46. The third kappa shape index (κ3) is 3.56. The van der Waals surface area contributed by atoms with Crippen LogP contribution in [-0.2, 0) is 9.59 Å². The number of nitrogen functional groups attached to an aromatic ring is 1. The van der Waals surface area contributed by atoms with Gasteiger partial charge in [0.15, 0.2) is 17.7 Å². The van der Waals surface area contributed by atoms with Gasteiger partial charge in [0.05, 0.1) is 0 Å². The second-order valence-corrected chi connectivity index (χ2v) is 3.31. The molecule has 9 nitrogen and oxygen atoms in total. The van der Waals surface area contributed by atoms with Crippen LogP contribution >= 0.6 is 0 Å².